The summed E-state index contributed by atoms with van der Waals surface area (Å²) in [6, 6.07) is 10.2. The van der Waals surface area contributed by atoms with E-state index < -0.39 is 6.23 Å². The maximum absolute atomic E-state index is 11.8. The monoisotopic (exact) mass is 305 g/mol. The number of anilines is 1. The Balaban J connectivity index is 1.86. The van der Waals surface area contributed by atoms with Gasteiger partial charge in [-0.3, -0.25) is 5.32 Å². The lowest BCUT2D eigenvalue weighted by Crippen LogP contribution is -2.39. The minimum absolute atomic E-state index is 0.380. The van der Waals surface area contributed by atoms with Gasteiger partial charge in [-0.15, -0.1) is 0 Å². The van der Waals surface area contributed by atoms with Crippen LogP contribution in [0.4, 0.5) is 10.6 Å². The third kappa shape index (κ3) is 4.96. The number of hydrogen-bond acceptors (Lipinski definition) is 3. The molecule has 2 rings (SSSR count). The van der Waals surface area contributed by atoms with Gasteiger partial charge in [0.2, 0.25) is 0 Å². The van der Waals surface area contributed by atoms with Gasteiger partial charge >= 0.3 is 6.03 Å². The Morgan fingerprint density at radius 1 is 1.29 bits per heavy atom. The minimum Gasteiger partial charge on any atom is -0.471 e. The van der Waals surface area contributed by atoms with E-state index in [4.69, 9.17) is 16.3 Å². The molecule has 1 heterocycles. The summed E-state index contributed by atoms with van der Waals surface area (Å²) in [6.45, 7) is 3.66. The molecule has 1 aromatic carbocycles. The third-order valence-corrected chi connectivity index (χ3v) is 2.87. The number of benzene rings is 1. The minimum atomic E-state index is -0.490. The highest BCUT2D eigenvalue weighted by atomic mass is 35.5. The van der Waals surface area contributed by atoms with E-state index in [1.54, 1.807) is 43.5 Å². The Morgan fingerprint density at radius 3 is 2.67 bits per heavy atom. The molecule has 0 saturated carbocycles. The molecule has 0 saturated heterocycles. The standard InChI is InChI=1S/C15H16ClN3O2/c1-10-7-8-17-14(9-10)19-15(20)18-11(2)21-13-5-3-12(16)4-6-13/h3-9,11H,1-2H3,(H2,17,18,19,20). The first-order valence-electron chi connectivity index (χ1n) is 6.45. The van der Waals surface area contributed by atoms with Crippen LogP contribution in [-0.4, -0.2) is 17.2 Å². The molecule has 0 fully saturated rings. The normalized spacial score (nSPS) is 11.6. The number of nitrogens with zero attached hydrogens (tertiary/aromatic N) is 1. The molecule has 5 nitrogen and oxygen atoms in total. The van der Waals surface area contributed by atoms with Crippen molar-refractivity contribution in [3.8, 4) is 5.75 Å². The summed E-state index contributed by atoms with van der Waals surface area (Å²) in [4.78, 5) is 15.9. The van der Waals surface area contributed by atoms with Crippen molar-refractivity contribution in [3.63, 3.8) is 0 Å². The van der Waals surface area contributed by atoms with E-state index >= 15 is 0 Å². The first-order chi connectivity index (χ1) is 10.0. The number of rotatable bonds is 4. The maximum Gasteiger partial charge on any atom is 0.323 e. The van der Waals surface area contributed by atoms with Gasteiger partial charge in [-0.1, -0.05) is 11.6 Å². The first-order valence-corrected chi connectivity index (χ1v) is 6.83. The Kier molecular flexibility index (Phi) is 5.00. The van der Waals surface area contributed by atoms with E-state index in [1.165, 1.54) is 0 Å². The summed E-state index contributed by atoms with van der Waals surface area (Å²) in [5, 5.41) is 5.94. The highest BCUT2D eigenvalue weighted by molar-refractivity contribution is 6.30. The van der Waals surface area contributed by atoms with Crippen LogP contribution < -0.4 is 15.4 Å². The number of urea groups is 1. The number of hydrogen-bond donors (Lipinski definition) is 2. The highest BCUT2D eigenvalue weighted by Gasteiger charge is 2.09. The van der Waals surface area contributed by atoms with E-state index in [2.05, 4.69) is 15.6 Å². The van der Waals surface area contributed by atoms with Crippen molar-refractivity contribution in [1.82, 2.24) is 10.3 Å². The molecule has 1 aromatic heterocycles. The van der Waals surface area contributed by atoms with Crippen LogP contribution in [0.2, 0.25) is 5.02 Å². The van der Waals surface area contributed by atoms with Gasteiger partial charge in [0.1, 0.15) is 11.6 Å². The lowest BCUT2D eigenvalue weighted by atomic mass is 10.3. The van der Waals surface area contributed by atoms with Crippen LogP contribution in [0.3, 0.4) is 0 Å². The van der Waals surface area contributed by atoms with Crippen molar-refractivity contribution in [2.75, 3.05) is 5.32 Å². The van der Waals surface area contributed by atoms with Crippen molar-refractivity contribution < 1.29 is 9.53 Å². The summed E-state index contributed by atoms with van der Waals surface area (Å²) < 4.78 is 5.55. The van der Waals surface area contributed by atoms with Crippen LogP contribution in [0.15, 0.2) is 42.6 Å². The van der Waals surface area contributed by atoms with E-state index in [9.17, 15) is 4.79 Å². The molecule has 2 N–H and O–H groups in total. The number of pyridine rings is 1. The molecule has 0 bridgehead atoms. The molecule has 0 spiro atoms. The van der Waals surface area contributed by atoms with Crippen LogP contribution in [0.25, 0.3) is 0 Å². The Labute approximate surface area is 128 Å². The molecular weight excluding hydrogens is 290 g/mol. The molecule has 110 valence electrons. The summed E-state index contributed by atoms with van der Waals surface area (Å²) in [5.74, 6) is 1.12. The SMILES string of the molecule is Cc1ccnc(NC(=O)NC(C)Oc2ccc(Cl)cc2)c1. The second kappa shape index (κ2) is 6.95. The number of halogens is 1. The molecule has 0 radical (unpaired) electrons. The van der Waals surface area contributed by atoms with Gasteiger partial charge in [0, 0.05) is 11.2 Å². The molecule has 2 aromatic rings. The van der Waals surface area contributed by atoms with E-state index in [1.807, 2.05) is 13.0 Å². The Morgan fingerprint density at radius 2 is 2.00 bits per heavy atom. The fourth-order valence-corrected chi connectivity index (χ4v) is 1.81. The lowest BCUT2D eigenvalue weighted by molar-refractivity contribution is 0.183. The number of aromatic nitrogens is 1. The third-order valence-electron chi connectivity index (χ3n) is 2.62. The highest BCUT2D eigenvalue weighted by Crippen LogP contribution is 2.16. The lowest BCUT2D eigenvalue weighted by Gasteiger charge is -2.16. The zero-order chi connectivity index (χ0) is 15.2. The molecule has 1 atom stereocenters. The molecule has 2 amide bonds. The van der Waals surface area contributed by atoms with Gasteiger partial charge < -0.3 is 10.1 Å². The summed E-state index contributed by atoms with van der Waals surface area (Å²) in [7, 11) is 0. The number of carbonyl (C=O) groups is 1. The van der Waals surface area contributed by atoms with Crippen molar-refractivity contribution in [2.45, 2.75) is 20.1 Å². The summed E-state index contributed by atoms with van der Waals surface area (Å²) >= 11 is 5.79. The predicted octanol–water partition coefficient (Wildman–Crippen LogP) is 3.59. The van der Waals surface area contributed by atoms with Crippen LogP contribution >= 0.6 is 11.6 Å². The van der Waals surface area contributed by atoms with Crippen LogP contribution in [0, 0.1) is 6.92 Å². The summed E-state index contributed by atoms with van der Waals surface area (Å²) in [6.07, 6.45) is 1.15. The van der Waals surface area contributed by atoms with E-state index in [-0.39, 0.29) is 6.03 Å². The molecule has 0 aliphatic heterocycles. The number of aryl methyl sites for hydroxylation is 1. The van der Waals surface area contributed by atoms with Gasteiger partial charge in [-0.2, -0.15) is 0 Å². The summed E-state index contributed by atoms with van der Waals surface area (Å²) in [5.41, 5.74) is 1.02. The first kappa shape index (κ1) is 15.1. The average Bonchev–Trinajstić information content (AvgIpc) is 2.41. The Bertz CT molecular complexity index is 617. The van der Waals surface area contributed by atoms with Gasteiger partial charge in [-0.05, 0) is 55.8 Å². The molecule has 0 aliphatic rings. The number of nitrogens with one attached hydrogen (secondary N) is 2. The second-order valence-electron chi connectivity index (χ2n) is 4.53. The fourth-order valence-electron chi connectivity index (χ4n) is 1.69. The maximum atomic E-state index is 11.8. The van der Waals surface area contributed by atoms with Crippen LogP contribution in [0.5, 0.6) is 5.75 Å². The van der Waals surface area contributed by atoms with E-state index in [0.29, 0.717) is 16.6 Å². The molecular formula is C15H16ClN3O2. The smallest absolute Gasteiger partial charge is 0.323 e. The number of ether oxygens (including phenoxy) is 1. The van der Waals surface area contributed by atoms with Gasteiger partial charge in [0.25, 0.3) is 0 Å². The average molecular weight is 306 g/mol. The van der Waals surface area contributed by atoms with Crippen LogP contribution in [-0.2, 0) is 0 Å². The fraction of sp³-hybridized carbons (Fsp3) is 0.200. The second-order valence-corrected chi connectivity index (χ2v) is 4.97. The van der Waals surface area contributed by atoms with Crippen molar-refractivity contribution >= 4 is 23.4 Å². The molecule has 1 unspecified atom stereocenters. The van der Waals surface area contributed by atoms with Gasteiger partial charge in [0.15, 0.2) is 6.23 Å². The molecule has 0 aliphatic carbocycles. The van der Waals surface area contributed by atoms with Crippen molar-refractivity contribution in [3.05, 3.63) is 53.2 Å². The van der Waals surface area contributed by atoms with Gasteiger partial charge in [-0.25, -0.2) is 9.78 Å². The topological polar surface area (TPSA) is 63.2 Å². The van der Waals surface area contributed by atoms with Crippen molar-refractivity contribution in [1.29, 1.82) is 0 Å². The van der Waals surface area contributed by atoms with Crippen molar-refractivity contribution in [2.24, 2.45) is 0 Å². The Hall–Kier alpha value is -2.27. The predicted molar refractivity (Wildman–Crippen MR) is 82.7 cm³/mol. The molecule has 6 heteroatoms. The number of carbonyl (C=O) groups excluding carboxylic acids is 1. The van der Waals surface area contributed by atoms with Gasteiger partial charge in [0.05, 0.1) is 0 Å². The molecule has 21 heavy (non-hydrogen) atoms. The quantitative estimate of drug-likeness (QED) is 0.849. The zero-order valence-corrected chi connectivity index (χ0v) is 12.5. The zero-order valence-electron chi connectivity index (χ0n) is 11.8. The number of amides is 2. The van der Waals surface area contributed by atoms with Crippen LogP contribution in [0.1, 0.15) is 12.5 Å². The largest absolute Gasteiger partial charge is 0.471 e. The van der Waals surface area contributed by atoms with E-state index in [0.717, 1.165) is 5.56 Å².